The molecule has 112 valence electrons. The van der Waals surface area contributed by atoms with Crippen LogP contribution in [0.15, 0.2) is 54.7 Å². The van der Waals surface area contributed by atoms with Gasteiger partial charge >= 0.3 is 0 Å². The van der Waals surface area contributed by atoms with E-state index in [1.165, 1.54) is 0 Å². The van der Waals surface area contributed by atoms with Crippen LogP contribution in [0.3, 0.4) is 0 Å². The molecule has 0 bridgehead atoms. The van der Waals surface area contributed by atoms with Crippen molar-refractivity contribution in [2.24, 2.45) is 0 Å². The first kappa shape index (κ1) is 14.7. The molecule has 3 aromatic rings. The van der Waals surface area contributed by atoms with E-state index in [0.29, 0.717) is 11.4 Å². The van der Waals surface area contributed by atoms with Crippen LogP contribution in [0.5, 0.6) is 0 Å². The number of hydrogen-bond acceptors (Lipinski definition) is 1. The minimum Gasteiger partial charge on any atom is -0.361 e. The number of aromatic amines is 1. The summed E-state index contributed by atoms with van der Waals surface area (Å²) in [7, 11) is 0. The normalized spacial score (nSPS) is 12.3. The molecule has 1 amide bonds. The van der Waals surface area contributed by atoms with Gasteiger partial charge in [0.05, 0.1) is 12.5 Å². The summed E-state index contributed by atoms with van der Waals surface area (Å²) < 4.78 is 0. The van der Waals surface area contributed by atoms with Gasteiger partial charge in [0.1, 0.15) is 0 Å². The van der Waals surface area contributed by atoms with Crippen LogP contribution < -0.4 is 5.32 Å². The lowest BCUT2D eigenvalue weighted by atomic mass is 10.1. The molecule has 2 N–H and O–H groups in total. The molecule has 0 saturated heterocycles. The van der Waals surface area contributed by atoms with E-state index in [0.717, 1.165) is 22.0 Å². The molecule has 2 aromatic carbocycles. The highest BCUT2D eigenvalue weighted by atomic mass is 35.5. The Kier molecular flexibility index (Phi) is 4.16. The SMILES string of the molecule is C[C@H](NC(=O)Cc1c[nH]c2ccccc12)c1cccc(Cl)c1. The van der Waals surface area contributed by atoms with Crippen LogP contribution in [0.2, 0.25) is 5.02 Å². The molecule has 0 aliphatic carbocycles. The fourth-order valence-corrected chi connectivity index (χ4v) is 2.80. The van der Waals surface area contributed by atoms with Gasteiger partial charge in [-0.2, -0.15) is 0 Å². The maximum absolute atomic E-state index is 12.3. The third-order valence-electron chi connectivity index (χ3n) is 3.75. The predicted octanol–water partition coefficient (Wildman–Crippen LogP) is 4.24. The number of aromatic nitrogens is 1. The summed E-state index contributed by atoms with van der Waals surface area (Å²) in [4.78, 5) is 15.5. The van der Waals surface area contributed by atoms with Crippen molar-refractivity contribution >= 4 is 28.4 Å². The van der Waals surface area contributed by atoms with Gasteiger partial charge in [-0.3, -0.25) is 4.79 Å². The Morgan fingerprint density at radius 1 is 1.23 bits per heavy atom. The zero-order valence-electron chi connectivity index (χ0n) is 12.3. The number of halogens is 1. The zero-order chi connectivity index (χ0) is 15.5. The average Bonchev–Trinajstić information content (AvgIpc) is 2.90. The fraction of sp³-hybridized carbons (Fsp3) is 0.167. The van der Waals surface area contributed by atoms with Crippen LogP contribution in [0.1, 0.15) is 24.1 Å². The van der Waals surface area contributed by atoms with Crippen molar-refractivity contribution in [1.82, 2.24) is 10.3 Å². The summed E-state index contributed by atoms with van der Waals surface area (Å²) in [6.45, 7) is 1.96. The first-order valence-electron chi connectivity index (χ1n) is 7.23. The highest BCUT2D eigenvalue weighted by Crippen LogP contribution is 2.20. The Morgan fingerprint density at radius 3 is 2.86 bits per heavy atom. The molecule has 1 atom stereocenters. The van der Waals surface area contributed by atoms with Crippen LogP contribution in [0.4, 0.5) is 0 Å². The van der Waals surface area contributed by atoms with E-state index < -0.39 is 0 Å². The number of rotatable bonds is 4. The van der Waals surface area contributed by atoms with E-state index in [2.05, 4.69) is 10.3 Å². The van der Waals surface area contributed by atoms with E-state index in [4.69, 9.17) is 11.6 Å². The van der Waals surface area contributed by atoms with Crippen molar-refractivity contribution in [1.29, 1.82) is 0 Å². The maximum atomic E-state index is 12.3. The smallest absolute Gasteiger partial charge is 0.224 e. The standard InChI is InChI=1S/C18H17ClN2O/c1-12(13-5-4-6-15(19)9-13)21-18(22)10-14-11-20-17-8-3-2-7-16(14)17/h2-9,11-12,20H,10H2,1H3,(H,21,22)/t12-/m0/s1. The maximum Gasteiger partial charge on any atom is 0.224 e. The van der Waals surface area contributed by atoms with Gasteiger partial charge in [0.25, 0.3) is 0 Å². The van der Waals surface area contributed by atoms with Crippen LogP contribution >= 0.6 is 11.6 Å². The number of hydrogen-bond donors (Lipinski definition) is 2. The lowest BCUT2D eigenvalue weighted by molar-refractivity contribution is -0.121. The van der Waals surface area contributed by atoms with Crippen LogP contribution in [-0.4, -0.2) is 10.9 Å². The second-order valence-electron chi connectivity index (χ2n) is 5.38. The van der Waals surface area contributed by atoms with Gasteiger partial charge in [-0.1, -0.05) is 41.9 Å². The average molecular weight is 313 g/mol. The minimum atomic E-state index is -0.0728. The summed E-state index contributed by atoms with van der Waals surface area (Å²) in [5.41, 5.74) is 3.05. The third-order valence-corrected chi connectivity index (χ3v) is 3.99. The van der Waals surface area contributed by atoms with Gasteiger partial charge in [0, 0.05) is 22.1 Å². The minimum absolute atomic E-state index is 0.00257. The molecule has 0 spiro atoms. The monoisotopic (exact) mass is 312 g/mol. The van der Waals surface area contributed by atoms with Crippen molar-refractivity contribution in [3.05, 3.63) is 70.9 Å². The molecule has 3 rings (SSSR count). The molecule has 0 aliphatic rings. The number of carbonyl (C=O) groups excluding carboxylic acids is 1. The van der Waals surface area contributed by atoms with Gasteiger partial charge < -0.3 is 10.3 Å². The van der Waals surface area contributed by atoms with Gasteiger partial charge in [0.2, 0.25) is 5.91 Å². The number of carbonyl (C=O) groups is 1. The van der Waals surface area contributed by atoms with Crippen molar-refractivity contribution in [3.63, 3.8) is 0 Å². The molecule has 22 heavy (non-hydrogen) atoms. The van der Waals surface area contributed by atoms with Crippen LogP contribution in [-0.2, 0) is 11.2 Å². The number of amides is 1. The molecule has 1 aromatic heterocycles. The van der Waals surface area contributed by atoms with Gasteiger partial charge in [-0.15, -0.1) is 0 Å². The number of H-pyrrole nitrogens is 1. The molecule has 0 unspecified atom stereocenters. The van der Waals surface area contributed by atoms with E-state index >= 15 is 0 Å². The van der Waals surface area contributed by atoms with E-state index in [1.54, 1.807) is 0 Å². The van der Waals surface area contributed by atoms with Crippen LogP contribution in [0.25, 0.3) is 10.9 Å². The predicted molar refractivity (Wildman–Crippen MR) is 90.0 cm³/mol. The second kappa shape index (κ2) is 6.24. The summed E-state index contributed by atoms with van der Waals surface area (Å²) in [5.74, 6) is -0.00257. The first-order valence-corrected chi connectivity index (χ1v) is 7.61. The quantitative estimate of drug-likeness (QED) is 0.743. The van der Waals surface area contributed by atoms with Crippen LogP contribution in [0, 0.1) is 0 Å². The summed E-state index contributed by atoms with van der Waals surface area (Å²) in [6.07, 6.45) is 2.25. The largest absolute Gasteiger partial charge is 0.361 e. The number of para-hydroxylation sites is 1. The number of benzene rings is 2. The Labute approximate surface area is 134 Å². The van der Waals surface area contributed by atoms with E-state index in [1.807, 2.05) is 61.7 Å². The van der Waals surface area contributed by atoms with Gasteiger partial charge in [-0.25, -0.2) is 0 Å². The van der Waals surface area contributed by atoms with E-state index in [-0.39, 0.29) is 11.9 Å². The molecule has 0 radical (unpaired) electrons. The lowest BCUT2D eigenvalue weighted by Gasteiger charge is -2.14. The number of nitrogens with one attached hydrogen (secondary N) is 2. The highest BCUT2D eigenvalue weighted by molar-refractivity contribution is 6.30. The molecular formula is C18H17ClN2O. The summed E-state index contributed by atoms with van der Waals surface area (Å²) >= 11 is 5.99. The summed E-state index contributed by atoms with van der Waals surface area (Å²) in [5, 5.41) is 4.78. The Bertz CT molecular complexity index is 809. The van der Waals surface area contributed by atoms with Crippen molar-refractivity contribution < 1.29 is 4.79 Å². The Balaban J connectivity index is 1.70. The molecule has 4 heteroatoms. The molecule has 0 saturated carbocycles. The van der Waals surface area contributed by atoms with Gasteiger partial charge in [-0.05, 0) is 36.2 Å². The molecular weight excluding hydrogens is 296 g/mol. The highest BCUT2D eigenvalue weighted by Gasteiger charge is 2.12. The third kappa shape index (κ3) is 3.15. The first-order chi connectivity index (χ1) is 10.6. The molecule has 1 heterocycles. The van der Waals surface area contributed by atoms with Crippen molar-refractivity contribution in [2.75, 3.05) is 0 Å². The molecule has 0 fully saturated rings. The topological polar surface area (TPSA) is 44.9 Å². The van der Waals surface area contributed by atoms with Gasteiger partial charge in [0.15, 0.2) is 0 Å². The Hall–Kier alpha value is -2.26. The Morgan fingerprint density at radius 2 is 2.05 bits per heavy atom. The zero-order valence-corrected chi connectivity index (χ0v) is 13.0. The second-order valence-corrected chi connectivity index (χ2v) is 5.82. The van der Waals surface area contributed by atoms with E-state index in [9.17, 15) is 4.79 Å². The lowest BCUT2D eigenvalue weighted by Crippen LogP contribution is -2.28. The molecule has 3 nitrogen and oxygen atoms in total. The van der Waals surface area contributed by atoms with Crippen molar-refractivity contribution in [2.45, 2.75) is 19.4 Å². The molecule has 0 aliphatic heterocycles. The number of fused-ring (bicyclic) bond motifs is 1. The van der Waals surface area contributed by atoms with Crippen molar-refractivity contribution in [3.8, 4) is 0 Å². The fourth-order valence-electron chi connectivity index (χ4n) is 2.60. The summed E-state index contributed by atoms with van der Waals surface area (Å²) in [6, 6.07) is 15.5.